The van der Waals surface area contributed by atoms with Gasteiger partial charge in [0.2, 0.25) is 5.91 Å². The van der Waals surface area contributed by atoms with Crippen molar-refractivity contribution in [2.24, 2.45) is 0 Å². The molecule has 1 aliphatic heterocycles. The van der Waals surface area contributed by atoms with Gasteiger partial charge in [-0.25, -0.2) is 18.4 Å². The second-order valence-electron chi connectivity index (χ2n) is 3.83. The number of hydrogen-bond acceptors (Lipinski definition) is 3. The molecule has 0 N–H and O–H groups in total. The number of halogens is 2. The van der Waals surface area contributed by atoms with E-state index in [1.807, 2.05) is 0 Å². The van der Waals surface area contributed by atoms with Crippen LogP contribution in [0.25, 0.3) is 0 Å². The van der Waals surface area contributed by atoms with Crippen molar-refractivity contribution >= 4 is 5.91 Å². The molecule has 0 aliphatic carbocycles. The quantitative estimate of drug-likeness (QED) is 0.745. The summed E-state index contributed by atoms with van der Waals surface area (Å²) >= 11 is 0. The van der Waals surface area contributed by atoms with Gasteiger partial charge in [0.1, 0.15) is 19.2 Å². The average Bonchev–Trinajstić information content (AvgIpc) is 2.70. The number of likely N-dealkylation sites (tertiary alicyclic amines) is 1. The van der Waals surface area contributed by atoms with Crippen molar-refractivity contribution in [1.29, 1.82) is 0 Å². The molecular weight excluding hydrogens is 218 g/mol. The molecule has 0 radical (unpaired) electrons. The lowest BCUT2D eigenvalue weighted by molar-refractivity contribution is -0.138. The third kappa shape index (κ3) is 2.53. The Morgan fingerprint density at radius 1 is 1.38 bits per heavy atom. The van der Waals surface area contributed by atoms with Gasteiger partial charge in [-0.3, -0.25) is 4.79 Å². The number of carbonyl (C=O) groups is 1. The van der Waals surface area contributed by atoms with Crippen LogP contribution in [0.4, 0.5) is 8.78 Å². The molecule has 0 spiro atoms. The predicted octanol–water partition coefficient (Wildman–Crippen LogP) is 0.536. The number of hydrogen-bond donors (Lipinski definition) is 0. The maximum absolute atomic E-state index is 12.9. The summed E-state index contributed by atoms with van der Waals surface area (Å²) in [5.74, 6) is -2.81. The first-order chi connectivity index (χ1) is 7.57. The molecule has 7 heteroatoms. The third-order valence-corrected chi connectivity index (χ3v) is 2.61. The molecule has 0 aromatic carbocycles. The highest BCUT2D eigenvalue weighted by atomic mass is 19.3. The Bertz CT molecular complexity index is 356. The van der Waals surface area contributed by atoms with Crippen molar-refractivity contribution in [3.63, 3.8) is 0 Å². The third-order valence-electron chi connectivity index (χ3n) is 2.61. The van der Waals surface area contributed by atoms with Gasteiger partial charge in [-0.2, -0.15) is 5.10 Å². The number of piperidine rings is 1. The summed E-state index contributed by atoms with van der Waals surface area (Å²) in [4.78, 5) is 16.8. The monoisotopic (exact) mass is 230 g/mol. The van der Waals surface area contributed by atoms with Crippen LogP contribution in [-0.2, 0) is 11.3 Å². The Morgan fingerprint density at radius 2 is 2.06 bits per heavy atom. The molecule has 2 heterocycles. The van der Waals surface area contributed by atoms with Crippen LogP contribution in [0.2, 0.25) is 0 Å². The van der Waals surface area contributed by atoms with Gasteiger partial charge in [0.05, 0.1) is 0 Å². The predicted molar refractivity (Wildman–Crippen MR) is 50.8 cm³/mol. The van der Waals surface area contributed by atoms with Gasteiger partial charge in [0.25, 0.3) is 5.92 Å². The largest absolute Gasteiger partial charge is 0.341 e. The second-order valence-corrected chi connectivity index (χ2v) is 3.83. The Morgan fingerprint density at radius 3 is 2.62 bits per heavy atom. The van der Waals surface area contributed by atoms with Crippen LogP contribution in [0, 0.1) is 0 Å². The molecule has 1 aromatic rings. The molecule has 0 bridgehead atoms. The number of amides is 1. The average molecular weight is 230 g/mol. The van der Waals surface area contributed by atoms with Gasteiger partial charge < -0.3 is 4.90 Å². The Hall–Kier alpha value is -1.53. The second kappa shape index (κ2) is 4.15. The molecule has 0 saturated carbocycles. The van der Waals surface area contributed by atoms with E-state index in [2.05, 4.69) is 10.1 Å². The summed E-state index contributed by atoms with van der Waals surface area (Å²) in [6.07, 6.45) is 2.25. The SMILES string of the molecule is O=C(Cn1cncn1)N1CCC(F)(F)CC1. The zero-order valence-electron chi connectivity index (χ0n) is 8.64. The highest BCUT2D eigenvalue weighted by molar-refractivity contribution is 5.75. The minimum Gasteiger partial charge on any atom is -0.341 e. The maximum atomic E-state index is 12.9. The van der Waals surface area contributed by atoms with E-state index in [0.29, 0.717) is 0 Å². The highest BCUT2D eigenvalue weighted by Crippen LogP contribution is 2.27. The number of alkyl halides is 2. The van der Waals surface area contributed by atoms with Crippen molar-refractivity contribution in [2.75, 3.05) is 13.1 Å². The van der Waals surface area contributed by atoms with Crippen molar-refractivity contribution in [3.05, 3.63) is 12.7 Å². The fraction of sp³-hybridized carbons (Fsp3) is 0.667. The molecule has 1 amide bonds. The van der Waals surface area contributed by atoms with Gasteiger partial charge in [0, 0.05) is 25.9 Å². The molecule has 0 atom stereocenters. The van der Waals surface area contributed by atoms with Crippen LogP contribution in [0.5, 0.6) is 0 Å². The van der Waals surface area contributed by atoms with Crippen LogP contribution in [0.1, 0.15) is 12.8 Å². The van der Waals surface area contributed by atoms with Gasteiger partial charge >= 0.3 is 0 Å². The lowest BCUT2D eigenvalue weighted by Gasteiger charge is -2.31. The van der Waals surface area contributed by atoms with Crippen molar-refractivity contribution in [1.82, 2.24) is 19.7 Å². The van der Waals surface area contributed by atoms with Crippen molar-refractivity contribution in [3.8, 4) is 0 Å². The standard InChI is InChI=1S/C9H12F2N4O/c10-9(11)1-3-14(4-2-9)8(16)5-15-7-12-6-13-15/h6-7H,1-5H2. The summed E-state index contributed by atoms with van der Waals surface area (Å²) in [5.41, 5.74) is 0. The molecule has 1 fully saturated rings. The Kier molecular flexibility index (Phi) is 2.84. The maximum Gasteiger partial charge on any atom is 0.251 e. The summed E-state index contributed by atoms with van der Waals surface area (Å²) in [6.45, 7) is 0.284. The smallest absolute Gasteiger partial charge is 0.251 e. The van der Waals surface area contributed by atoms with E-state index >= 15 is 0 Å². The Balaban J connectivity index is 1.87. The highest BCUT2D eigenvalue weighted by Gasteiger charge is 2.35. The normalized spacial score (nSPS) is 19.8. The summed E-state index contributed by atoms with van der Waals surface area (Å²) in [7, 11) is 0. The summed E-state index contributed by atoms with van der Waals surface area (Å²) in [5, 5.41) is 3.79. The minimum absolute atomic E-state index is 0.0611. The fourth-order valence-electron chi connectivity index (χ4n) is 1.64. The van der Waals surface area contributed by atoms with Crippen LogP contribution >= 0.6 is 0 Å². The molecule has 88 valence electrons. The van der Waals surface area contributed by atoms with Crippen LogP contribution in [0.3, 0.4) is 0 Å². The van der Waals surface area contributed by atoms with Gasteiger partial charge in [-0.05, 0) is 0 Å². The molecule has 1 aliphatic rings. The van der Waals surface area contributed by atoms with E-state index in [4.69, 9.17) is 0 Å². The lowest BCUT2D eigenvalue weighted by Crippen LogP contribution is -2.44. The zero-order chi connectivity index (χ0) is 11.6. The number of rotatable bonds is 2. The first kappa shape index (κ1) is 11.0. The molecule has 1 aromatic heterocycles. The topological polar surface area (TPSA) is 51.0 Å². The molecular formula is C9H12F2N4O. The summed E-state index contributed by atoms with van der Waals surface area (Å²) < 4.78 is 27.1. The van der Waals surface area contributed by atoms with Gasteiger partial charge in [-0.1, -0.05) is 0 Å². The van der Waals surface area contributed by atoms with Crippen LogP contribution < -0.4 is 0 Å². The minimum atomic E-state index is -2.62. The van der Waals surface area contributed by atoms with Gasteiger partial charge in [0.15, 0.2) is 0 Å². The first-order valence-corrected chi connectivity index (χ1v) is 5.05. The molecule has 0 unspecified atom stereocenters. The van der Waals surface area contributed by atoms with Gasteiger partial charge in [-0.15, -0.1) is 0 Å². The number of aromatic nitrogens is 3. The van der Waals surface area contributed by atoms with E-state index in [1.165, 1.54) is 22.2 Å². The molecule has 2 rings (SSSR count). The molecule has 16 heavy (non-hydrogen) atoms. The number of carbonyl (C=O) groups excluding carboxylic acids is 1. The van der Waals surface area contributed by atoms with Crippen molar-refractivity contribution in [2.45, 2.75) is 25.3 Å². The first-order valence-electron chi connectivity index (χ1n) is 5.05. The van der Waals surface area contributed by atoms with Crippen molar-refractivity contribution < 1.29 is 13.6 Å². The van der Waals surface area contributed by atoms with E-state index in [9.17, 15) is 13.6 Å². The zero-order valence-corrected chi connectivity index (χ0v) is 8.64. The van der Waals surface area contributed by atoms with Crippen LogP contribution in [0.15, 0.2) is 12.7 Å². The molecule has 1 saturated heterocycles. The fourth-order valence-corrected chi connectivity index (χ4v) is 1.64. The summed E-state index contributed by atoms with van der Waals surface area (Å²) in [6, 6.07) is 0. The van der Waals surface area contributed by atoms with Crippen LogP contribution in [-0.4, -0.2) is 44.6 Å². The Labute approximate surface area is 91.1 Å². The molecule has 5 nitrogen and oxygen atoms in total. The van der Waals surface area contributed by atoms with E-state index < -0.39 is 5.92 Å². The van der Waals surface area contributed by atoms with E-state index in [1.54, 1.807) is 0 Å². The number of nitrogens with zero attached hydrogens (tertiary/aromatic N) is 4. The van der Waals surface area contributed by atoms with E-state index in [-0.39, 0.29) is 38.4 Å². The van der Waals surface area contributed by atoms with E-state index in [0.717, 1.165) is 0 Å². The lowest BCUT2D eigenvalue weighted by atomic mass is 10.1.